The van der Waals surface area contributed by atoms with Crippen LogP contribution in [0.4, 0.5) is 19.0 Å². The Morgan fingerprint density at radius 2 is 2.00 bits per heavy atom. The molecule has 6 heteroatoms. The van der Waals surface area contributed by atoms with E-state index in [0.717, 1.165) is 16.9 Å². The molecule has 0 radical (unpaired) electrons. The molecule has 1 fully saturated rings. The van der Waals surface area contributed by atoms with E-state index in [9.17, 15) is 13.2 Å². The van der Waals surface area contributed by atoms with Crippen LogP contribution in [0, 0.1) is 12.8 Å². The topological polar surface area (TPSA) is 42.1 Å². The van der Waals surface area contributed by atoms with Gasteiger partial charge in [0.1, 0.15) is 5.82 Å². The van der Waals surface area contributed by atoms with Crippen molar-refractivity contribution in [2.24, 2.45) is 11.7 Å². The summed E-state index contributed by atoms with van der Waals surface area (Å²) < 4.78 is 37.8. The van der Waals surface area contributed by atoms with Gasteiger partial charge in [-0.25, -0.2) is 4.98 Å². The molecule has 0 aromatic carbocycles. The smallest absolute Gasteiger partial charge is 0.356 e. The van der Waals surface area contributed by atoms with Crippen LogP contribution < -0.4 is 10.6 Å². The van der Waals surface area contributed by atoms with Crippen LogP contribution in [-0.4, -0.2) is 24.2 Å². The van der Waals surface area contributed by atoms with Crippen LogP contribution in [-0.2, 0) is 6.54 Å². The number of aryl methyl sites for hydroxylation is 1. The van der Waals surface area contributed by atoms with Crippen molar-refractivity contribution in [3.05, 3.63) is 23.4 Å². The fourth-order valence-electron chi connectivity index (χ4n) is 2.49. The SMILES string of the molecule is Cc1cc(CN)cnc1N1CCC(C(F)(F)F)CC1. The number of nitrogens with zero attached hydrogens (tertiary/aromatic N) is 2. The van der Waals surface area contributed by atoms with Crippen molar-refractivity contribution < 1.29 is 13.2 Å². The Morgan fingerprint density at radius 1 is 1.37 bits per heavy atom. The summed E-state index contributed by atoms with van der Waals surface area (Å²) in [4.78, 5) is 6.25. The molecule has 1 saturated heterocycles. The zero-order valence-corrected chi connectivity index (χ0v) is 10.9. The Bertz CT molecular complexity index is 437. The predicted octanol–water partition coefficient (Wildman–Crippen LogP) is 2.63. The minimum Gasteiger partial charge on any atom is -0.356 e. The molecule has 19 heavy (non-hydrogen) atoms. The number of pyridine rings is 1. The van der Waals surface area contributed by atoms with Gasteiger partial charge in [0.15, 0.2) is 0 Å². The summed E-state index contributed by atoms with van der Waals surface area (Å²) in [6.07, 6.45) is -2.09. The molecule has 0 unspecified atom stereocenters. The number of hydrogen-bond acceptors (Lipinski definition) is 3. The normalized spacial score (nSPS) is 17.8. The first-order valence-electron chi connectivity index (χ1n) is 6.39. The van der Waals surface area contributed by atoms with E-state index < -0.39 is 12.1 Å². The third kappa shape index (κ3) is 3.18. The maximum Gasteiger partial charge on any atom is 0.391 e. The minimum absolute atomic E-state index is 0.142. The van der Waals surface area contributed by atoms with Crippen LogP contribution in [0.2, 0.25) is 0 Å². The van der Waals surface area contributed by atoms with E-state index in [0.29, 0.717) is 19.6 Å². The van der Waals surface area contributed by atoms with E-state index >= 15 is 0 Å². The summed E-state index contributed by atoms with van der Waals surface area (Å²) in [5, 5.41) is 0. The molecule has 2 N–H and O–H groups in total. The van der Waals surface area contributed by atoms with Crippen LogP contribution in [0.3, 0.4) is 0 Å². The molecule has 106 valence electrons. The predicted molar refractivity (Wildman–Crippen MR) is 67.9 cm³/mol. The first-order chi connectivity index (χ1) is 8.91. The lowest BCUT2D eigenvalue weighted by atomic mass is 9.96. The van der Waals surface area contributed by atoms with Gasteiger partial charge in [-0.1, -0.05) is 0 Å². The lowest BCUT2D eigenvalue weighted by Crippen LogP contribution is -2.39. The Balaban J connectivity index is 2.06. The number of halogens is 3. The monoisotopic (exact) mass is 273 g/mol. The largest absolute Gasteiger partial charge is 0.391 e. The van der Waals surface area contributed by atoms with Crippen LogP contribution in [0.15, 0.2) is 12.3 Å². The van der Waals surface area contributed by atoms with Gasteiger partial charge in [-0.15, -0.1) is 0 Å². The Labute approximate surface area is 110 Å². The van der Waals surface area contributed by atoms with Gasteiger partial charge in [0.2, 0.25) is 0 Å². The van der Waals surface area contributed by atoms with Crippen molar-refractivity contribution in [1.82, 2.24) is 4.98 Å². The minimum atomic E-state index is -4.07. The first kappa shape index (κ1) is 14.1. The molecule has 0 bridgehead atoms. The average Bonchev–Trinajstić information content (AvgIpc) is 2.37. The van der Waals surface area contributed by atoms with Gasteiger partial charge in [0.25, 0.3) is 0 Å². The molecule has 2 heterocycles. The average molecular weight is 273 g/mol. The highest BCUT2D eigenvalue weighted by atomic mass is 19.4. The maximum atomic E-state index is 12.6. The lowest BCUT2D eigenvalue weighted by Gasteiger charge is -2.34. The van der Waals surface area contributed by atoms with Gasteiger partial charge in [-0.2, -0.15) is 13.2 Å². The first-order valence-corrected chi connectivity index (χ1v) is 6.39. The van der Waals surface area contributed by atoms with Crippen molar-refractivity contribution in [1.29, 1.82) is 0 Å². The summed E-state index contributed by atoms with van der Waals surface area (Å²) in [6.45, 7) is 3.14. The van der Waals surface area contributed by atoms with Gasteiger partial charge in [0, 0.05) is 25.8 Å². The Morgan fingerprint density at radius 3 is 2.47 bits per heavy atom. The highest BCUT2D eigenvalue weighted by Gasteiger charge is 2.41. The Hall–Kier alpha value is -1.30. The molecule has 0 spiro atoms. The second kappa shape index (κ2) is 5.36. The molecular formula is C13H18F3N3. The van der Waals surface area contributed by atoms with E-state index in [4.69, 9.17) is 5.73 Å². The van der Waals surface area contributed by atoms with Crippen LogP contribution in [0.1, 0.15) is 24.0 Å². The molecule has 0 amide bonds. The Kier molecular flexibility index (Phi) is 3.99. The molecule has 0 saturated carbocycles. The van der Waals surface area contributed by atoms with Gasteiger partial charge in [0.05, 0.1) is 5.92 Å². The lowest BCUT2D eigenvalue weighted by molar-refractivity contribution is -0.179. The standard InChI is InChI=1S/C13H18F3N3/c1-9-6-10(7-17)8-18-12(9)19-4-2-11(3-5-19)13(14,15)16/h6,8,11H,2-5,7,17H2,1H3. The second-order valence-electron chi connectivity index (χ2n) is 4.99. The molecule has 1 aromatic rings. The molecule has 2 rings (SSSR count). The quantitative estimate of drug-likeness (QED) is 0.900. The number of aromatic nitrogens is 1. The van der Waals surface area contributed by atoms with Gasteiger partial charge < -0.3 is 10.6 Å². The van der Waals surface area contributed by atoms with Crippen molar-refractivity contribution in [2.45, 2.75) is 32.5 Å². The van der Waals surface area contributed by atoms with E-state index in [-0.39, 0.29) is 12.8 Å². The van der Waals surface area contributed by atoms with Crippen molar-refractivity contribution in [3.8, 4) is 0 Å². The number of piperidine rings is 1. The van der Waals surface area contributed by atoms with Crippen LogP contribution in [0.25, 0.3) is 0 Å². The van der Waals surface area contributed by atoms with E-state index in [1.54, 1.807) is 6.20 Å². The number of alkyl halides is 3. The van der Waals surface area contributed by atoms with Gasteiger partial charge in [-0.3, -0.25) is 0 Å². The van der Waals surface area contributed by atoms with E-state index in [1.807, 2.05) is 17.9 Å². The summed E-state index contributed by atoms with van der Waals surface area (Å²) in [5.74, 6) is -0.398. The number of hydrogen-bond donors (Lipinski definition) is 1. The van der Waals surface area contributed by atoms with Crippen LogP contribution >= 0.6 is 0 Å². The second-order valence-corrected chi connectivity index (χ2v) is 4.99. The van der Waals surface area contributed by atoms with E-state index in [2.05, 4.69) is 4.98 Å². The fraction of sp³-hybridized carbons (Fsp3) is 0.615. The van der Waals surface area contributed by atoms with Crippen molar-refractivity contribution in [2.75, 3.05) is 18.0 Å². The zero-order valence-electron chi connectivity index (χ0n) is 10.9. The molecule has 0 aliphatic carbocycles. The molecular weight excluding hydrogens is 255 g/mol. The fourth-order valence-corrected chi connectivity index (χ4v) is 2.49. The number of rotatable bonds is 2. The third-order valence-electron chi connectivity index (χ3n) is 3.60. The zero-order chi connectivity index (χ0) is 14.0. The highest BCUT2D eigenvalue weighted by Crippen LogP contribution is 2.35. The number of anilines is 1. The van der Waals surface area contributed by atoms with E-state index in [1.165, 1.54) is 0 Å². The van der Waals surface area contributed by atoms with Gasteiger partial charge in [-0.05, 0) is 37.0 Å². The molecule has 0 atom stereocenters. The molecule has 1 aliphatic heterocycles. The highest BCUT2D eigenvalue weighted by molar-refractivity contribution is 5.47. The summed E-state index contributed by atoms with van der Waals surface area (Å²) in [6, 6.07) is 1.94. The molecule has 3 nitrogen and oxygen atoms in total. The summed E-state index contributed by atoms with van der Waals surface area (Å²) >= 11 is 0. The third-order valence-corrected chi connectivity index (χ3v) is 3.60. The summed E-state index contributed by atoms with van der Waals surface area (Å²) in [5.41, 5.74) is 7.44. The van der Waals surface area contributed by atoms with Gasteiger partial charge >= 0.3 is 6.18 Å². The van der Waals surface area contributed by atoms with Crippen LogP contribution in [0.5, 0.6) is 0 Å². The molecule has 1 aromatic heterocycles. The molecule has 1 aliphatic rings. The van der Waals surface area contributed by atoms with Crippen molar-refractivity contribution >= 4 is 5.82 Å². The number of nitrogens with two attached hydrogens (primary N) is 1. The summed E-state index contributed by atoms with van der Waals surface area (Å²) in [7, 11) is 0. The maximum absolute atomic E-state index is 12.6. The van der Waals surface area contributed by atoms with Crippen molar-refractivity contribution in [3.63, 3.8) is 0 Å².